The van der Waals surface area contributed by atoms with E-state index in [2.05, 4.69) is 10.1 Å². The van der Waals surface area contributed by atoms with Gasteiger partial charge in [-0.25, -0.2) is 4.39 Å². The molecular weight excluding hydrogens is 425 g/mol. The number of aromatic nitrogens is 1. The van der Waals surface area contributed by atoms with Crippen LogP contribution >= 0.6 is 0 Å². The molecule has 2 heterocycles. The number of hydrogen-bond donors (Lipinski definition) is 0. The van der Waals surface area contributed by atoms with Crippen molar-refractivity contribution >= 4 is 11.8 Å². The second-order valence-electron chi connectivity index (χ2n) is 8.32. The summed E-state index contributed by atoms with van der Waals surface area (Å²) in [4.78, 5) is 17.5. The van der Waals surface area contributed by atoms with Gasteiger partial charge in [0.05, 0.1) is 32.4 Å². The Balaban J connectivity index is 1.52. The van der Waals surface area contributed by atoms with Gasteiger partial charge >= 0.3 is 0 Å². The predicted molar refractivity (Wildman–Crippen MR) is 121 cm³/mol. The van der Waals surface area contributed by atoms with Gasteiger partial charge in [0, 0.05) is 30.3 Å². The van der Waals surface area contributed by atoms with Crippen molar-refractivity contribution in [1.82, 2.24) is 10.1 Å². The molecule has 1 amide bonds. The Kier molecular flexibility index (Phi) is 6.00. The highest BCUT2D eigenvalue weighted by Crippen LogP contribution is 2.37. The molecule has 172 valence electrons. The lowest BCUT2D eigenvalue weighted by Crippen LogP contribution is -2.37. The molecule has 0 spiro atoms. The summed E-state index contributed by atoms with van der Waals surface area (Å²) in [6.45, 7) is 2.91. The van der Waals surface area contributed by atoms with E-state index in [1.165, 1.54) is 12.1 Å². The zero-order valence-electron chi connectivity index (χ0n) is 18.5. The molecule has 0 bridgehead atoms. The lowest BCUT2D eigenvalue weighted by atomic mass is 10.1. The van der Waals surface area contributed by atoms with E-state index in [4.69, 9.17) is 14.0 Å². The van der Waals surface area contributed by atoms with Crippen LogP contribution in [0.15, 0.2) is 53.1 Å². The van der Waals surface area contributed by atoms with Crippen LogP contribution < -0.4 is 9.64 Å². The molecule has 5 rings (SSSR count). The molecule has 7 nitrogen and oxygen atoms in total. The minimum atomic E-state index is -0.315. The van der Waals surface area contributed by atoms with Crippen molar-refractivity contribution in [1.29, 1.82) is 0 Å². The van der Waals surface area contributed by atoms with Crippen LogP contribution in [0.4, 0.5) is 10.3 Å². The normalized spacial score (nSPS) is 16.0. The molecule has 0 radical (unpaired) electrons. The Morgan fingerprint density at radius 3 is 2.64 bits per heavy atom. The topological polar surface area (TPSA) is 68.0 Å². The van der Waals surface area contributed by atoms with Crippen molar-refractivity contribution in [2.24, 2.45) is 0 Å². The maximum atomic E-state index is 13.5. The van der Waals surface area contributed by atoms with Crippen LogP contribution in [0, 0.1) is 5.82 Å². The molecule has 2 aromatic carbocycles. The third-order valence-corrected chi connectivity index (χ3v) is 6.08. The average Bonchev–Trinajstić information content (AvgIpc) is 3.62. The molecule has 1 aromatic heterocycles. The van der Waals surface area contributed by atoms with E-state index in [-0.39, 0.29) is 17.8 Å². The van der Waals surface area contributed by atoms with Gasteiger partial charge in [0.2, 0.25) is 5.88 Å². The number of amides is 1. The molecule has 1 aliphatic carbocycles. The number of halogens is 1. The van der Waals surface area contributed by atoms with Crippen LogP contribution in [-0.4, -0.2) is 55.4 Å². The fourth-order valence-corrected chi connectivity index (χ4v) is 4.14. The van der Waals surface area contributed by atoms with Crippen LogP contribution in [0.3, 0.4) is 0 Å². The smallest absolute Gasteiger partial charge is 0.254 e. The summed E-state index contributed by atoms with van der Waals surface area (Å²) in [7, 11) is 1.59. The molecule has 2 fully saturated rings. The highest BCUT2D eigenvalue weighted by molar-refractivity contribution is 5.95. The minimum absolute atomic E-state index is 0.0596. The molecule has 33 heavy (non-hydrogen) atoms. The van der Waals surface area contributed by atoms with E-state index < -0.39 is 0 Å². The maximum Gasteiger partial charge on any atom is 0.254 e. The summed E-state index contributed by atoms with van der Waals surface area (Å²) < 4.78 is 30.2. The van der Waals surface area contributed by atoms with E-state index in [1.807, 2.05) is 17.0 Å². The molecule has 0 unspecified atom stereocenters. The number of carbonyl (C=O) groups is 1. The number of anilines is 1. The van der Waals surface area contributed by atoms with Crippen molar-refractivity contribution in [2.45, 2.75) is 25.4 Å². The zero-order chi connectivity index (χ0) is 22.8. The summed E-state index contributed by atoms with van der Waals surface area (Å²) >= 11 is 0. The number of rotatable bonds is 7. The van der Waals surface area contributed by atoms with E-state index in [0.717, 1.165) is 24.0 Å². The van der Waals surface area contributed by atoms with Crippen LogP contribution in [0.1, 0.15) is 28.8 Å². The Bertz CT molecular complexity index is 1120. The summed E-state index contributed by atoms with van der Waals surface area (Å²) in [6.07, 6.45) is 1.92. The minimum Gasteiger partial charge on any atom is -0.497 e. The van der Waals surface area contributed by atoms with Crippen molar-refractivity contribution in [3.05, 3.63) is 65.5 Å². The Morgan fingerprint density at radius 1 is 1.18 bits per heavy atom. The Labute approximate surface area is 191 Å². The highest BCUT2D eigenvalue weighted by Gasteiger charge is 2.36. The first kappa shape index (κ1) is 21.5. The van der Waals surface area contributed by atoms with Crippen LogP contribution in [0.25, 0.3) is 11.3 Å². The quantitative estimate of drug-likeness (QED) is 0.538. The zero-order valence-corrected chi connectivity index (χ0v) is 18.5. The lowest BCUT2D eigenvalue weighted by molar-refractivity contribution is 0.0729. The number of nitrogens with zero attached hydrogens (tertiary/aromatic N) is 3. The van der Waals surface area contributed by atoms with Gasteiger partial charge in [0.15, 0.2) is 0 Å². The van der Waals surface area contributed by atoms with E-state index in [9.17, 15) is 9.18 Å². The summed E-state index contributed by atoms with van der Waals surface area (Å²) in [5, 5.41) is 4.35. The molecule has 2 aliphatic rings. The molecule has 8 heteroatoms. The van der Waals surface area contributed by atoms with E-state index >= 15 is 0 Å². The number of morpholine rings is 1. The van der Waals surface area contributed by atoms with Gasteiger partial charge in [0.1, 0.15) is 17.3 Å². The monoisotopic (exact) mass is 451 g/mol. The summed E-state index contributed by atoms with van der Waals surface area (Å²) in [5.41, 5.74) is 2.78. The third kappa shape index (κ3) is 4.57. The molecule has 1 aliphatic heterocycles. The predicted octanol–water partition coefficient (Wildman–Crippen LogP) is 4.13. The third-order valence-electron chi connectivity index (χ3n) is 6.08. The SMILES string of the molecule is COc1cccc(C(=O)N(Cc2c(-c3ccc(F)cc3)noc2N2CCOCC2)C2CC2)c1. The van der Waals surface area contributed by atoms with Crippen molar-refractivity contribution in [2.75, 3.05) is 38.3 Å². The van der Waals surface area contributed by atoms with Gasteiger partial charge in [-0.3, -0.25) is 4.79 Å². The highest BCUT2D eigenvalue weighted by atomic mass is 19.1. The first-order chi connectivity index (χ1) is 16.1. The van der Waals surface area contributed by atoms with Gasteiger partial charge in [-0.05, 0) is 55.3 Å². The summed E-state index contributed by atoms with van der Waals surface area (Å²) in [5.74, 6) is 0.907. The molecule has 0 N–H and O–H groups in total. The lowest BCUT2D eigenvalue weighted by Gasteiger charge is -2.28. The van der Waals surface area contributed by atoms with Crippen LogP contribution in [-0.2, 0) is 11.3 Å². The molecule has 1 saturated heterocycles. The fraction of sp³-hybridized carbons (Fsp3) is 0.360. The number of methoxy groups -OCH3 is 1. The van der Waals surface area contributed by atoms with Crippen LogP contribution in [0.5, 0.6) is 5.75 Å². The first-order valence-corrected chi connectivity index (χ1v) is 11.2. The molecule has 3 aromatic rings. The van der Waals surface area contributed by atoms with Gasteiger partial charge in [-0.2, -0.15) is 0 Å². The van der Waals surface area contributed by atoms with Gasteiger partial charge in [-0.1, -0.05) is 11.2 Å². The van der Waals surface area contributed by atoms with Crippen molar-refractivity contribution < 1.29 is 23.2 Å². The molecule has 0 atom stereocenters. The number of carbonyl (C=O) groups excluding carboxylic acids is 1. The van der Waals surface area contributed by atoms with Gasteiger partial charge in [-0.15, -0.1) is 0 Å². The number of hydrogen-bond acceptors (Lipinski definition) is 6. The maximum absolute atomic E-state index is 13.5. The number of benzene rings is 2. The number of ether oxygens (including phenoxy) is 2. The van der Waals surface area contributed by atoms with Gasteiger partial charge < -0.3 is 23.8 Å². The average molecular weight is 451 g/mol. The Hall–Kier alpha value is -3.39. The first-order valence-electron chi connectivity index (χ1n) is 11.2. The Morgan fingerprint density at radius 2 is 1.94 bits per heavy atom. The van der Waals surface area contributed by atoms with Crippen molar-refractivity contribution in [3.8, 4) is 17.0 Å². The van der Waals surface area contributed by atoms with E-state index in [0.29, 0.717) is 55.7 Å². The van der Waals surface area contributed by atoms with Crippen molar-refractivity contribution in [3.63, 3.8) is 0 Å². The van der Waals surface area contributed by atoms with E-state index in [1.54, 1.807) is 31.4 Å². The molecule has 1 saturated carbocycles. The van der Waals surface area contributed by atoms with Crippen LogP contribution in [0.2, 0.25) is 0 Å². The van der Waals surface area contributed by atoms with Gasteiger partial charge in [0.25, 0.3) is 5.91 Å². The second kappa shape index (κ2) is 9.23. The largest absolute Gasteiger partial charge is 0.497 e. The molecular formula is C25H26FN3O4. The standard InChI is InChI=1S/C25H26FN3O4/c1-31-21-4-2-3-18(15-21)24(30)29(20-9-10-20)16-22-23(17-5-7-19(26)8-6-17)27-33-25(22)28-11-13-32-14-12-28/h2-8,15,20H,9-14,16H2,1H3. The fourth-order valence-electron chi connectivity index (χ4n) is 4.14. The second-order valence-corrected chi connectivity index (χ2v) is 8.32. The summed E-state index contributed by atoms with van der Waals surface area (Å²) in [6, 6.07) is 13.5.